The average Bonchev–Trinajstić information content (AvgIpc) is 2.55. The predicted octanol–water partition coefficient (Wildman–Crippen LogP) is 3.48. The third-order valence-corrected chi connectivity index (χ3v) is 3.40. The van der Waals surface area contributed by atoms with Gasteiger partial charge < -0.3 is 4.74 Å². The molecule has 0 aliphatic heterocycles. The summed E-state index contributed by atoms with van der Waals surface area (Å²) in [5, 5.41) is 2.47. The molecule has 2 rings (SSSR count). The van der Waals surface area contributed by atoms with E-state index in [-0.39, 0.29) is 11.5 Å². The molecule has 2 aromatic rings. The monoisotopic (exact) mass is 315 g/mol. The first-order valence-corrected chi connectivity index (χ1v) is 7.72. The Morgan fingerprint density at radius 1 is 1.26 bits per heavy atom. The van der Waals surface area contributed by atoms with E-state index in [1.54, 1.807) is 6.92 Å². The normalized spacial score (nSPS) is 10.3. The second kappa shape index (κ2) is 8.12. The first-order chi connectivity index (χ1) is 11.1. The Kier molecular flexibility index (Phi) is 5.91. The zero-order valence-corrected chi connectivity index (χ0v) is 13.4. The van der Waals surface area contributed by atoms with E-state index >= 15 is 0 Å². The number of anilines is 1. The van der Waals surface area contributed by atoms with Crippen LogP contribution < -0.4 is 10.9 Å². The first-order valence-electron chi connectivity index (χ1n) is 7.72. The van der Waals surface area contributed by atoms with E-state index in [0.29, 0.717) is 17.9 Å². The molecule has 1 aromatic carbocycles. The number of unbranched alkanes of at least 4 members (excludes halogenated alkanes) is 2. The maximum atomic E-state index is 12.0. The van der Waals surface area contributed by atoms with Crippen LogP contribution in [-0.4, -0.2) is 22.7 Å². The number of ether oxygens (including phenoxy) is 1. The van der Waals surface area contributed by atoms with E-state index in [1.165, 1.54) is 0 Å². The number of benzene rings is 1. The molecule has 0 unspecified atom stereocenters. The minimum absolute atomic E-state index is 0.0833. The second-order valence-corrected chi connectivity index (χ2v) is 5.22. The van der Waals surface area contributed by atoms with E-state index in [4.69, 9.17) is 4.74 Å². The Balaban J connectivity index is 2.13. The highest BCUT2D eigenvalue weighted by molar-refractivity contribution is 5.82. The Morgan fingerprint density at radius 2 is 2.00 bits per heavy atom. The summed E-state index contributed by atoms with van der Waals surface area (Å²) in [5.41, 5.74) is 1.56. The van der Waals surface area contributed by atoms with Crippen LogP contribution in [0.1, 0.15) is 31.7 Å². The van der Waals surface area contributed by atoms with Crippen LogP contribution in [0.2, 0.25) is 0 Å². The Bertz CT molecular complexity index is 711. The predicted molar refractivity (Wildman–Crippen MR) is 89.5 cm³/mol. The molecule has 0 aliphatic rings. The van der Waals surface area contributed by atoms with Crippen LogP contribution in [0.4, 0.5) is 10.7 Å². The van der Waals surface area contributed by atoms with Gasteiger partial charge in [0.25, 0.3) is 5.56 Å². The molecular weight excluding hydrogens is 294 g/mol. The number of rotatable bonds is 6. The minimum atomic E-state index is -0.618. The summed E-state index contributed by atoms with van der Waals surface area (Å²) in [6.45, 7) is 4.12. The number of aromatic amines is 1. The number of carbonyl (C=O) groups excluding carboxylic acids is 1. The fourth-order valence-corrected chi connectivity index (χ4v) is 2.12. The maximum Gasteiger partial charge on any atom is 0.413 e. The number of hydrogen-bond acceptors (Lipinski definition) is 4. The zero-order valence-electron chi connectivity index (χ0n) is 13.4. The van der Waals surface area contributed by atoms with Crippen molar-refractivity contribution in [2.45, 2.75) is 33.1 Å². The summed E-state index contributed by atoms with van der Waals surface area (Å²) in [7, 11) is 0. The summed E-state index contributed by atoms with van der Waals surface area (Å²) in [4.78, 5) is 30.6. The van der Waals surface area contributed by atoms with Crippen molar-refractivity contribution in [3.05, 3.63) is 46.2 Å². The number of nitrogens with zero attached hydrogens (tertiary/aromatic N) is 1. The van der Waals surface area contributed by atoms with Crippen LogP contribution in [0.15, 0.2) is 35.1 Å². The number of H-pyrrole nitrogens is 1. The van der Waals surface area contributed by atoms with Crippen molar-refractivity contribution in [1.29, 1.82) is 0 Å². The summed E-state index contributed by atoms with van der Waals surface area (Å²) in [5.74, 6) is 0.0833. The smallest absolute Gasteiger partial charge is 0.413 e. The highest BCUT2D eigenvalue weighted by Gasteiger charge is 2.12. The van der Waals surface area contributed by atoms with Gasteiger partial charge in [0.05, 0.1) is 12.3 Å². The van der Waals surface area contributed by atoms with Gasteiger partial charge in [-0.25, -0.2) is 9.78 Å². The van der Waals surface area contributed by atoms with Crippen LogP contribution in [0.3, 0.4) is 0 Å². The third-order valence-electron chi connectivity index (χ3n) is 3.40. The van der Waals surface area contributed by atoms with Gasteiger partial charge in [-0.3, -0.25) is 15.1 Å². The van der Waals surface area contributed by atoms with Gasteiger partial charge >= 0.3 is 6.09 Å². The van der Waals surface area contributed by atoms with Crippen LogP contribution in [0.25, 0.3) is 11.3 Å². The van der Waals surface area contributed by atoms with Crippen molar-refractivity contribution in [3.63, 3.8) is 0 Å². The number of nitrogens with one attached hydrogen (secondary N) is 2. The molecule has 6 heteroatoms. The highest BCUT2D eigenvalue weighted by atomic mass is 16.5. The summed E-state index contributed by atoms with van der Waals surface area (Å²) in [6.07, 6.45) is 2.26. The first kappa shape index (κ1) is 16.7. The van der Waals surface area contributed by atoms with Crippen molar-refractivity contribution < 1.29 is 9.53 Å². The molecule has 0 saturated carbocycles. The van der Waals surface area contributed by atoms with Gasteiger partial charge in [-0.2, -0.15) is 0 Å². The van der Waals surface area contributed by atoms with Crippen molar-refractivity contribution in [1.82, 2.24) is 9.97 Å². The fraction of sp³-hybridized carbons (Fsp3) is 0.353. The number of aromatic nitrogens is 2. The fourth-order valence-electron chi connectivity index (χ4n) is 2.12. The molecule has 0 atom stereocenters. The highest BCUT2D eigenvalue weighted by Crippen LogP contribution is 2.19. The lowest BCUT2D eigenvalue weighted by atomic mass is 10.1. The molecule has 23 heavy (non-hydrogen) atoms. The summed E-state index contributed by atoms with van der Waals surface area (Å²) in [6, 6.07) is 9.35. The second-order valence-electron chi connectivity index (χ2n) is 5.22. The van der Waals surface area contributed by atoms with Crippen molar-refractivity contribution in [3.8, 4) is 11.3 Å². The lowest BCUT2D eigenvalue weighted by Gasteiger charge is -2.09. The lowest BCUT2D eigenvalue weighted by Crippen LogP contribution is -2.21. The minimum Gasteiger partial charge on any atom is -0.449 e. The number of amides is 1. The molecule has 0 fully saturated rings. The van der Waals surface area contributed by atoms with Crippen molar-refractivity contribution >= 4 is 12.0 Å². The summed E-state index contributed by atoms with van der Waals surface area (Å²) < 4.78 is 5.05. The van der Waals surface area contributed by atoms with Gasteiger partial charge in [-0.1, -0.05) is 50.1 Å². The average molecular weight is 315 g/mol. The van der Waals surface area contributed by atoms with E-state index in [1.807, 2.05) is 30.3 Å². The zero-order chi connectivity index (χ0) is 16.7. The lowest BCUT2D eigenvalue weighted by molar-refractivity contribution is 0.159. The van der Waals surface area contributed by atoms with Gasteiger partial charge in [-0.15, -0.1) is 0 Å². The van der Waals surface area contributed by atoms with E-state index in [0.717, 1.165) is 24.8 Å². The van der Waals surface area contributed by atoms with Crippen LogP contribution >= 0.6 is 0 Å². The molecule has 0 bridgehead atoms. The number of hydrogen-bond donors (Lipinski definition) is 2. The molecule has 1 heterocycles. The van der Waals surface area contributed by atoms with Crippen molar-refractivity contribution in [2.24, 2.45) is 0 Å². The van der Waals surface area contributed by atoms with Gasteiger partial charge in [-0.05, 0) is 13.3 Å². The Hall–Kier alpha value is -2.63. The Morgan fingerprint density at radius 3 is 2.70 bits per heavy atom. The Labute approximate surface area is 134 Å². The quantitative estimate of drug-likeness (QED) is 0.799. The molecule has 0 radical (unpaired) electrons. The van der Waals surface area contributed by atoms with Gasteiger partial charge in [0.1, 0.15) is 0 Å². The molecule has 6 nitrogen and oxygen atoms in total. The van der Waals surface area contributed by atoms with E-state index in [2.05, 4.69) is 22.2 Å². The summed E-state index contributed by atoms with van der Waals surface area (Å²) >= 11 is 0. The molecule has 0 spiro atoms. The third kappa shape index (κ3) is 4.67. The molecule has 0 aliphatic carbocycles. The molecule has 122 valence electrons. The van der Waals surface area contributed by atoms with Crippen molar-refractivity contribution in [2.75, 3.05) is 11.9 Å². The standard InChI is InChI=1S/C17H21N3O3/c1-3-4-8-11-23-17(22)20-16-18-14(12(2)15(21)19-16)13-9-6-5-7-10-13/h5-7,9-10H,3-4,8,11H2,1-2H3,(H2,18,19,20,21,22). The topological polar surface area (TPSA) is 84.1 Å². The molecule has 1 amide bonds. The molecular formula is C17H21N3O3. The molecule has 1 aromatic heterocycles. The maximum absolute atomic E-state index is 12.0. The number of carbonyl (C=O) groups is 1. The van der Waals surface area contributed by atoms with Crippen LogP contribution in [-0.2, 0) is 4.74 Å². The van der Waals surface area contributed by atoms with Crippen LogP contribution in [0.5, 0.6) is 0 Å². The SMILES string of the molecule is CCCCCOC(=O)Nc1nc(-c2ccccc2)c(C)c(=O)[nH]1. The van der Waals surface area contributed by atoms with Gasteiger partial charge in [0, 0.05) is 11.1 Å². The van der Waals surface area contributed by atoms with Gasteiger partial charge in [0.15, 0.2) is 0 Å². The van der Waals surface area contributed by atoms with E-state index < -0.39 is 6.09 Å². The van der Waals surface area contributed by atoms with Crippen LogP contribution in [0, 0.1) is 6.92 Å². The molecule has 2 N–H and O–H groups in total. The molecule has 0 saturated heterocycles. The largest absolute Gasteiger partial charge is 0.449 e. The van der Waals surface area contributed by atoms with E-state index in [9.17, 15) is 9.59 Å². The van der Waals surface area contributed by atoms with Gasteiger partial charge in [0.2, 0.25) is 5.95 Å².